The molecule has 0 saturated carbocycles. The Balaban J connectivity index is 2.74. The van der Waals surface area contributed by atoms with Crippen LogP contribution in [0.4, 0.5) is 0 Å². The Hall–Kier alpha value is -1.22. The second-order valence-electron chi connectivity index (χ2n) is 3.99. The molecule has 4 nitrogen and oxygen atoms in total. The first-order valence-electron chi connectivity index (χ1n) is 6.31. The van der Waals surface area contributed by atoms with E-state index in [1.165, 1.54) is 0 Å². The van der Waals surface area contributed by atoms with Crippen molar-refractivity contribution in [3.05, 3.63) is 22.2 Å². The van der Waals surface area contributed by atoms with E-state index in [4.69, 9.17) is 14.2 Å². The maximum Gasteiger partial charge on any atom is 0.176 e. The van der Waals surface area contributed by atoms with Crippen LogP contribution in [0.25, 0.3) is 0 Å². The van der Waals surface area contributed by atoms with E-state index in [9.17, 15) is 0 Å². The molecule has 1 aromatic rings. The standard InChI is InChI=1S/C15H20BrNO3/c1-4-5-7-20-15-13(16)9-12(10-14(15)19-3)11-17-6-8-18-2/h9-10,17H,6-8,11H2,1-3H3. The van der Waals surface area contributed by atoms with Gasteiger partial charge in [0.2, 0.25) is 0 Å². The monoisotopic (exact) mass is 341 g/mol. The largest absolute Gasteiger partial charge is 0.493 e. The molecule has 0 spiro atoms. The molecule has 5 heteroatoms. The van der Waals surface area contributed by atoms with Gasteiger partial charge in [-0.05, 0) is 40.5 Å². The molecule has 0 saturated heterocycles. The van der Waals surface area contributed by atoms with Crippen molar-refractivity contribution in [1.82, 2.24) is 5.32 Å². The molecule has 1 N–H and O–H groups in total. The van der Waals surface area contributed by atoms with Gasteiger partial charge in [-0.15, -0.1) is 5.92 Å². The first kappa shape index (κ1) is 16.8. The highest BCUT2D eigenvalue weighted by atomic mass is 79.9. The molecule has 0 aliphatic heterocycles. The Kier molecular flexibility index (Phi) is 8.12. The summed E-state index contributed by atoms with van der Waals surface area (Å²) in [7, 11) is 3.31. The fourth-order valence-corrected chi connectivity index (χ4v) is 2.21. The number of benzene rings is 1. The summed E-state index contributed by atoms with van der Waals surface area (Å²) in [5.41, 5.74) is 1.11. The van der Waals surface area contributed by atoms with Gasteiger partial charge < -0.3 is 19.5 Å². The number of nitrogens with one attached hydrogen (secondary N) is 1. The highest BCUT2D eigenvalue weighted by Crippen LogP contribution is 2.36. The maximum absolute atomic E-state index is 5.61. The normalized spacial score (nSPS) is 9.80. The minimum Gasteiger partial charge on any atom is -0.493 e. The van der Waals surface area contributed by atoms with Crippen molar-refractivity contribution < 1.29 is 14.2 Å². The third-order valence-corrected chi connectivity index (χ3v) is 3.16. The van der Waals surface area contributed by atoms with E-state index in [2.05, 4.69) is 33.1 Å². The lowest BCUT2D eigenvalue weighted by Gasteiger charge is -2.13. The summed E-state index contributed by atoms with van der Waals surface area (Å²) in [6.07, 6.45) is 0. The number of methoxy groups -OCH3 is 2. The van der Waals surface area contributed by atoms with Crippen molar-refractivity contribution in [2.45, 2.75) is 13.5 Å². The van der Waals surface area contributed by atoms with Crippen molar-refractivity contribution in [1.29, 1.82) is 0 Å². The molecule has 0 unspecified atom stereocenters. The third-order valence-electron chi connectivity index (χ3n) is 2.57. The molecular weight excluding hydrogens is 322 g/mol. The Morgan fingerprint density at radius 2 is 2.10 bits per heavy atom. The first-order chi connectivity index (χ1) is 9.72. The van der Waals surface area contributed by atoms with E-state index in [1.54, 1.807) is 21.1 Å². The average Bonchev–Trinajstić information content (AvgIpc) is 2.45. The molecule has 0 atom stereocenters. The minimum absolute atomic E-state index is 0.344. The van der Waals surface area contributed by atoms with Crippen LogP contribution in [0.5, 0.6) is 11.5 Å². The van der Waals surface area contributed by atoms with Crippen LogP contribution in [0.3, 0.4) is 0 Å². The van der Waals surface area contributed by atoms with Gasteiger partial charge in [-0.2, -0.15) is 0 Å². The van der Waals surface area contributed by atoms with E-state index in [0.29, 0.717) is 24.7 Å². The first-order valence-corrected chi connectivity index (χ1v) is 7.10. The van der Waals surface area contributed by atoms with Crippen LogP contribution in [0.1, 0.15) is 12.5 Å². The summed E-state index contributed by atoms with van der Waals surface area (Å²) in [6, 6.07) is 3.97. The molecule has 110 valence electrons. The summed E-state index contributed by atoms with van der Waals surface area (Å²) in [5.74, 6) is 7.03. The predicted molar refractivity (Wildman–Crippen MR) is 83.2 cm³/mol. The second kappa shape index (κ2) is 9.65. The zero-order valence-corrected chi connectivity index (χ0v) is 13.7. The molecule has 20 heavy (non-hydrogen) atoms. The van der Waals surface area contributed by atoms with Crippen LogP contribution in [0.2, 0.25) is 0 Å². The SMILES string of the molecule is CC#CCOc1c(Br)cc(CNCCOC)cc1OC. The minimum atomic E-state index is 0.344. The van der Waals surface area contributed by atoms with Gasteiger partial charge in [0.15, 0.2) is 11.5 Å². The molecule has 1 aromatic carbocycles. The summed E-state index contributed by atoms with van der Waals surface area (Å²) in [4.78, 5) is 0. The lowest BCUT2D eigenvalue weighted by Crippen LogP contribution is -2.18. The van der Waals surface area contributed by atoms with Crippen LogP contribution in [-0.4, -0.2) is 34.0 Å². The summed E-state index contributed by atoms with van der Waals surface area (Å²) in [5, 5.41) is 3.29. The summed E-state index contributed by atoms with van der Waals surface area (Å²) >= 11 is 3.51. The highest BCUT2D eigenvalue weighted by molar-refractivity contribution is 9.10. The zero-order chi connectivity index (χ0) is 14.8. The second-order valence-corrected chi connectivity index (χ2v) is 4.85. The van der Waals surface area contributed by atoms with E-state index < -0.39 is 0 Å². The predicted octanol–water partition coefficient (Wildman–Crippen LogP) is 2.60. The number of hydrogen-bond donors (Lipinski definition) is 1. The van der Waals surface area contributed by atoms with Gasteiger partial charge in [0, 0.05) is 20.2 Å². The van der Waals surface area contributed by atoms with Crippen molar-refractivity contribution in [2.24, 2.45) is 0 Å². The van der Waals surface area contributed by atoms with Crippen LogP contribution in [0, 0.1) is 11.8 Å². The Morgan fingerprint density at radius 3 is 2.75 bits per heavy atom. The van der Waals surface area contributed by atoms with Crippen molar-refractivity contribution in [3.8, 4) is 23.3 Å². The Labute approximate surface area is 128 Å². The smallest absolute Gasteiger partial charge is 0.176 e. The van der Waals surface area contributed by atoms with Gasteiger partial charge in [-0.3, -0.25) is 0 Å². The van der Waals surface area contributed by atoms with Gasteiger partial charge in [0.05, 0.1) is 18.2 Å². The third kappa shape index (κ3) is 5.41. The lowest BCUT2D eigenvalue weighted by atomic mass is 10.2. The van der Waals surface area contributed by atoms with Crippen LogP contribution < -0.4 is 14.8 Å². The van der Waals surface area contributed by atoms with Crippen molar-refractivity contribution >= 4 is 15.9 Å². The molecule has 0 heterocycles. The maximum atomic E-state index is 5.61. The number of ether oxygens (including phenoxy) is 3. The van der Waals surface area contributed by atoms with Gasteiger partial charge in [0.1, 0.15) is 6.61 Å². The molecular formula is C15H20BrNO3. The summed E-state index contributed by atoms with van der Waals surface area (Å²) in [6.45, 7) is 4.37. The average molecular weight is 342 g/mol. The van der Waals surface area contributed by atoms with E-state index in [-0.39, 0.29) is 0 Å². The van der Waals surface area contributed by atoms with Gasteiger partial charge >= 0.3 is 0 Å². The molecule has 0 aromatic heterocycles. The molecule has 0 aliphatic carbocycles. The van der Waals surface area contributed by atoms with E-state index in [0.717, 1.165) is 23.1 Å². The number of rotatable bonds is 8. The number of hydrogen-bond acceptors (Lipinski definition) is 4. The van der Waals surface area contributed by atoms with Crippen LogP contribution in [-0.2, 0) is 11.3 Å². The Morgan fingerprint density at radius 1 is 1.30 bits per heavy atom. The van der Waals surface area contributed by atoms with Gasteiger partial charge in [-0.25, -0.2) is 0 Å². The van der Waals surface area contributed by atoms with Crippen LogP contribution in [0.15, 0.2) is 16.6 Å². The molecule has 0 radical (unpaired) electrons. The van der Waals surface area contributed by atoms with E-state index in [1.807, 2.05) is 12.1 Å². The molecule has 0 bridgehead atoms. The summed E-state index contributed by atoms with van der Waals surface area (Å²) < 4.78 is 16.8. The lowest BCUT2D eigenvalue weighted by molar-refractivity contribution is 0.199. The topological polar surface area (TPSA) is 39.7 Å². The Bertz CT molecular complexity index is 480. The van der Waals surface area contributed by atoms with Gasteiger partial charge in [-0.1, -0.05) is 5.92 Å². The van der Waals surface area contributed by atoms with E-state index >= 15 is 0 Å². The van der Waals surface area contributed by atoms with Crippen LogP contribution >= 0.6 is 15.9 Å². The zero-order valence-electron chi connectivity index (χ0n) is 12.1. The van der Waals surface area contributed by atoms with Gasteiger partial charge in [0.25, 0.3) is 0 Å². The number of halogens is 1. The molecule has 0 aliphatic rings. The highest BCUT2D eigenvalue weighted by Gasteiger charge is 2.11. The van der Waals surface area contributed by atoms with Crippen molar-refractivity contribution in [3.63, 3.8) is 0 Å². The quantitative estimate of drug-likeness (QED) is 0.582. The molecule has 0 fully saturated rings. The fraction of sp³-hybridized carbons (Fsp3) is 0.467. The molecule has 1 rings (SSSR count). The van der Waals surface area contributed by atoms with Crippen molar-refractivity contribution in [2.75, 3.05) is 34.0 Å². The fourth-order valence-electron chi connectivity index (χ4n) is 1.60. The molecule has 0 amide bonds.